The van der Waals surface area contributed by atoms with Gasteiger partial charge in [-0.05, 0) is 54.7 Å². The van der Waals surface area contributed by atoms with Gasteiger partial charge < -0.3 is 21.5 Å². The standard InChI is InChI=1S/C25H25FN6O2/c1-34-24-20(16-7-9-18(27)10-8-16)19(21-22(28)30-14-31-32(21)24)15-3-5-17(6-4-15)23(33)29-13-25(26)11-2-12-25/h3-10,14H,2,11-13,27H2,1H3,(H,29,33)(H2,28,30,31). The second kappa shape index (κ2) is 8.33. The SMILES string of the molecule is COc1c(-c2ccc(N)cc2)c(-c2ccc(C(=O)NCC3(F)CCC3)cc2)c2c(N)ncnn12. The molecule has 5 rings (SSSR count). The van der Waals surface area contributed by atoms with Gasteiger partial charge in [-0.25, -0.2) is 9.37 Å². The van der Waals surface area contributed by atoms with Gasteiger partial charge in [0.05, 0.1) is 19.2 Å². The third kappa shape index (κ3) is 3.68. The lowest BCUT2D eigenvalue weighted by atomic mass is 9.82. The van der Waals surface area contributed by atoms with Crippen molar-refractivity contribution in [3.05, 3.63) is 60.4 Å². The number of hydrogen-bond acceptors (Lipinski definition) is 6. The van der Waals surface area contributed by atoms with Crippen molar-refractivity contribution in [1.82, 2.24) is 19.9 Å². The molecular formula is C25H25FN6O2. The molecular weight excluding hydrogens is 435 g/mol. The molecule has 1 aliphatic carbocycles. The van der Waals surface area contributed by atoms with Gasteiger partial charge in [-0.2, -0.15) is 9.61 Å². The lowest BCUT2D eigenvalue weighted by Crippen LogP contribution is -2.44. The van der Waals surface area contributed by atoms with E-state index >= 15 is 0 Å². The number of ether oxygens (including phenoxy) is 1. The van der Waals surface area contributed by atoms with Crippen LogP contribution in [0, 0.1) is 0 Å². The zero-order chi connectivity index (χ0) is 23.9. The topological polar surface area (TPSA) is 121 Å². The first-order valence-electron chi connectivity index (χ1n) is 11.0. The van der Waals surface area contributed by atoms with Crippen LogP contribution in [-0.2, 0) is 0 Å². The molecule has 0 spiro atoms. The van der Waals surface area contributed by atoms with Crippen LogP contribution in [0.15, 0.2) is 54.9 Å². The second-order valence-corrected chi connectivity index (χ2v) is 8.55. The summed E-state index contributed by atoms with van der Waals surface area (Å²) in [5, 5.41) is 7.05. The number of nitrogens with two attached hydrogens (primary N) is 2. The summed E-state index contributed by atoms with van der Waals surface area (Å²) in [6, 6.07) is 14.5. The van der Waals surface area contributed by atoms with E-state index in [2.05, 4.69) is 15.4 Å². The molecule has 0 bridgehead atoms. The molecule has 2 heterocycles. The summed E-state index contributed by atoms with van der Waals surface area (Å²) in [5.41, 5.74) is 15.8. The molecule has 2 aromatic carbocycles. The summed E-state index contributed by atoms with van der Waals surface area (Å²) < 4.78 is 21.6. The first-order valence-corrected chi connectivity index (χ1v) is 11.0. The number of fused-ring (bicyclic) bond motifs is 1. The molecule has 9 heteroatoms. The minimum atomic E-state index is -1.27. The third-order valence-corrected chi connectivity index (χ3v) is 6.36. The minimum Gasteiger partial charge on any atom is -0.480 e. The summed E-state index contributed by atoms with van der Waals surface area (Å²) in [7, 11) is 1.57. The number of alkyl halides is 1. The molecule has 0 radical (unpaired) electrons. The van der Waals surface area contributed by atoms with Crippen molar-refractivity contribution in [2.45, 2.75) is 24.9 Å². The lowest BCUT2D eigenvalue weighted by Gasteiger charge is -2.33. The van der Waals surface area contributed by atoms with E-state index in [9.17, 15) is 9.18 Å². The zero-order valence-electron chi connectivity index (χ0n) is 18.7. The average Bonchev–Trinajstić information content (AvgIpc) is 3.17. The maximum Gasteiger partial charge on any atom is 0.251 e. The normalized spacial score (nSPS) is 14.5. The fourth-order valence-electron chi connectivity index (χ4n) is 4.34. The van der Waals surface area contributed by atoms with Gasteiger partial charge in [0.2, 0.25) is 5.88 Å². The minimum absolute atomic E-state index is 0.0318. The molecule has 1 fully saturated rings. The van der Waals surface area contributed by atoms with Gasteiger partial charge in [-0.1, -0.05) is 24.3 Å². The number of amides is 1. The Hall–Kier alpha value is -4.14. The molecule has 5 N–H and O–H groups in total. The number of aromatic nitrogens is 3. The summed E-state index contributed by atoms with van der Waals surface area (Å²) >= 11 is 0. The molecule has 0 saturated heterocycles. The van der Waals surface area contributed by atoms with Crippen LogP contribution in [0.2, 0.25) is 0 Å². The summed E-state index contributed by atoms with van der Waals surface area (Å²) in [4.78, 5) is 16.7. The number of hydrogen-bond donors (Lipinski definition) is 3. The Labute approximate surface area is 195 Å². The highest BCUT2D eigenvalue weighted by molar-refractivity contribution is 6.02. The molecule has 1 saturated carbocycles. The van der Waals surface area contributed by atoms with Gasteiger partial charge in [-0.15, -0.1) is 0 Å². The predicted octanol–water partition coefficient (Wildman–Crippen LogP) is 3.86. The molecule has 1 aliphatic rings. The van der Waals surface area contributed by atoms with E-state index in [1.165, 1.54) is 6.33 Å². The van der Waals surface area contributed by atoms with Crippen molar-refractivity contribution >= 4 is 22.9 Å². The van der Waals surface area contributed by atoms with Crippen molar-refractivity contribution in [1.29, 1.82) is 0 Å². The summed E-state index contributed by atoms with van der Waals surface area (Å²) in [5.74, 6) is 0.483. The van der Waals surface area contributed by atoms with E-state index in [1.807, 2.05) is 36.4 Å². The molecule has 0 aliphatic heterocycles. The second-order valence-electron chi connectivity index (χ2n) is 8.55. The van der Waals surface area contributed by atoms with Gasteiger partial charge >= 0.3 is 0 Å². The van der Waals surface area contributed by atoms with Crippen molar-refractivity contribution in [3.8, 4) is 28.1 Å². The number of nitrogens with zero attached hydrogens (tertiary/aromatic N) is 3. The van der Waals surface area contributed by atoms with Crippen LogP contribution in [0.3, 0.4) is 0 Å². The Balaban J connectivity index is 1.58. The van der Waals surface area contributed by atoms with Crippen molar-refractivity contribution in [2.24, 2.45) is 0 Å². The predicted molar refractivity (Wildman–Crippen MR) is 129 cm³/mol. The van der Waals surface area contributed by atoms with Gasteiger partial charge in [0, 0.05) is 16.8 Å². The first-order chi connectivity index (χ1) is 16.4. The molecule has 4 aromatic rings. The number of nitrogen functional groups attached to an aromatic ring is 2. The highest BCUT2D eigenvalue weighted by Gasteiger charge is 2.37. The third-order valence-electron chi connectivity index (χ3n) is 6.36. The van der Waals surface area contributed by atoms with E-state index in [1.54, 1.807) is 23.8 Å². The summed E-state index contributed by atoms with van der Waals surface area (Å²) in [6.07, 6.45) is 3.22. The number of rotatable bonds is 6. The van der Waals surface area contributed by atoms with Crippen LogP contribution in [0.25, 0.3) is 27.8 Å². The van der Waals surface area contributed by atoms with E-state index in [0.29, 0.717) is 41.3 Å². The van der Waals surface area contributed by atoms with E-state index in [0.717, 1.165) is 28.7 Å². The molecule has 34 heavy (non-hydrogen) atoms. The van der Waals surface area contributed by atoms with Crippen LogP contribution in [0.5, 0.6) is 5.88 Å². The molecule has 2 aromatic heterocycles. The summed E-state index contributed by atoms with van der Waals surface area (Å²) in [6.45, 7) is 0.0318. The van der Waals surface area contributed by atoms with E-state index in [-0.39, 0.29) is 12.5 Å². The van der Waals surface area contributed by atoms with Crippen LogP contribution in [0.1, 0.15) is 29.6 Å². The number of anilines is 2. The van der Waals surface area contributed by atoms with Crippen LogP contribution in [0.4, 0.5) is 15.9 Å². The quantitative estimate of drug-likeness (QED) is 0.376. The Morgan fingerprint density at radius 2 is 1.74 bits per heavy atom. The van der Waals surface area contributed by atoms with Gasteiger partial charge in [-0.3, -0.25) is 4.79 Å². The van der Waals surface area contributed by atoms with E-state index in [4.69, 9.17) is 16.2 Å². The molecule has 8 nitrogen and oxygen atoms in total. The van der Waals surface area contributed by atoms with Crippen molar-refractivity contribution in [2.75, 3.05) is 25.1 Å². The van der Waals surface area contributed by atoms with Crippen molar-refractivity contribution in [3.63, 3.8) is 0 Å². The van der Waals surface area contributed by atoms with Gasteiger partial charge in [0.15, 0.2) is 5.82 Å². The number of carbonyl (C=O) groups excluding carboxylic acids is 1. The Kier molecular flexibility index (Phi) is 5.31. The average molecular weight is 461 g/mol. The number of halogens is 1. The fourth-order valence-corrected chi connectivity index (χ4v) is 4.34. The Morgan fingerprint density at radius 1 is 1.09 bits per heavy atom. The number of methoxy groups -OCH3 is 1. The molecule has 0 atom stereocenters. The van der Waals surface area contributed by atoms with Crippen LogP contribution >= 0.6 is 0 Å². The Morgan fingerprint density at radius 3 is 2.35 bits per heavy atom. The first kappa shape index (κ1) is 21.7. The molecule has 174 valence electrons. The smallest absolute Gasteiger partial charge is 0.251 e. The van der Waals surface area contributed by atoms with Gasteiger partial charge in [0.25, 0.3) is 5.91 Å². The maximum atomic E-state index is 14.3. The van der Waals surface area contributed by atoms with Crippen LogP contribution in [-0.4, -0.2) is 39.8 Å². The highest BCUT2D eigenvalue weighted by Crippen LogP contribution is 2.45. The number of nitrogens with one attached hydrogen (secondary N) is 1. The molecule has 1 amide bonds. The number of benzene rings is 2. The van der Waals surface area contributed by atoms with E-state index < -0.39 is 5.67 Å². The number of carbonyl (C=O) groups is 1. The van der Waals surface area contributed by atoms with Gasteiger partial charge in [0.1, 0.15) is 17.5 Å². The fraction of sp³-hybridized carbons (Fsp3) is 0.240. The zero-order valence-corrected chi connectivity index (χ0v) is 18.7. The monoisotopic (exact) mass is 460 g/mol. The van der Waals surface area contributed by atoms with Crippen LogP contribution < -0.4 is 21.5 Å². The maximum absolute atomic E-state index is 14.3. The lowest BCUT2D eigenvalue weighted by molar-refractivity contribution is 0.0577. The Bertz CT molecular complexity index is 1360. The highest BCUT2D eigenvalue weighted by atomic mass is 19.1. The van der Waals surface area contributed by atoms with Crippen molar-refractivity contribution < 1.29 is 13.9 Å². The largest absolute Gasteiger partial charge is 0.480 e. The molecule has 0 unspecified atom stereocenters.